The third-order valence-corrected chi connectivity index (χ3v) is 16.3. The minimum absolute atomic E-state index is 0.00790. The number of carboxylic acid groups (broad SMARTS) is 2. The molecule has 0 radical (unpaired) electrons. The number of hydrogen-bond donors (Lipinski definition) is 2. The van der Waals surface area contributed by atoms with Crippen molar-refractivity contribution in [3.63, 3.8) is 0 Å². The Kier molecular flexibility index (Phi) is 7.96. The third-order valence-electron chi connectivity index (χ3n) is 16.3. The van der Waals surface area contributed by atoms with Crippen molar-refractivity contribution in [2.75, 3.05) is 0 Å². The summed E-state index contributed by atoms with van der Waals surface area (Å²) in [5, 5.41) is 20.2. The highest BCUT2D eigenvalue weighted by molar-refractivity contribution is 5.77. The molecule has 5 saturated carbocycles. The number of ether oxygens (including phenoxy) is 1. The van der Waals surface area contributed by atoms with Crippen LogP contribution in [0.4, 0.5) is 0 Å². The Morgan fingerprint density at radius 2 is 1.51 bits per heavy atom. The maximum Gasteiger partial charge on any atom is 0.310 e. The smallest absolute Gasteiger partial charge is 0.310 e. The molecule has 2 N–H and O–H groups in total. The van der Waals surface area contributed by atoms with Crippen LogP contribution in [0.25, 0.3) is 0 Å². The standard InChI is InChI=1S/C39H60O6/c1-24-12-19-39(33(43)44)21-20-36(6)26(32(39)25(24)2)10-11-28-35(5)17-14-29(34(3,4)27(35)13-18-37(28,36)7)45-31(42)23-38(22-30(40)41)15-8-9-16-38/h10,24-25,27-29,32H,8-9,11-23H2,1-7H3,(H,40,41)(H,43,44)/t24-,25+,27+,28-,29+,32+,35+,36-,37-,39+/m1/s1. The van der Waals surface area contributed by atoms with Crippen LogP contribution in [0.2, 0.25) is 0 Å². The summed E-state index contributed by atoms with van der Waals surface area (Å²) in [5.41, 5.74) is 0.421. The van der Waals surface area contributed by atoms with Crippen molar-refractivity contribution in [3.05, 3.63) is 11.6 Å². The normalized spacial score (nSPS) is 46.4. The molecule has 6 nitrogen and oxygen atoms in total. The van der Waals surface area contributed by atoms with Gasteiger partial charge in [-0.1, -0.05) is 73.0 Å². The van der Waals surface area contributed by atoms with E-state index in [9.17, 15) is 24.6 Å². The van der Waals surface area contributed by atoms with Crippen molar-refractivity contribution < 1.29 is 29.3 Å². The lowest BCUT2D eigenvalue weighted by Crippen LogP contribution is -2.65. The maximum atomic E-state index is 13.4. The van der Waals surface area contributed by atoms with Gasteiger partial charge in [0.25, 0.3) is 0 Å². The number of rotatable bonds is 6. The Bertz CT molecular complexity index is 1260. The molecule has 5 fully saturated rings. The predicted molar refractivity (Wildman–Crippen MR) is 174 cm³/mol. The van der Waals surface area contributed by atoms with E-state index in [-0.39, 0.29) is 52.5 Å². The van der Waals surface area contributed by atoms with Gasteiger partial charge in [-0.15, -0.1) is 0 Å². The summed E-state index contributed by atoms with van der Waals surface area (Å²) < 4.78 is 6.35. The molecule has 6 rings (SSSR count). The molecule has 0 amide bonds. The van der Waals surface area contributed by atoms with Gasteiger partial charge in [-0.3, -0.25) is 14.4 Å². The predicted octanol–water partition coefficient (Wildman–Crippen LogP) is 9.07. The molecule has 0 spiro atoms. The van der Waals surface area contributed by atoms with Crippen LogP contribution in [0.3, 0.4) is 0 Å². The van der Waals surface area contributed by atoms with Gasteiger partial charge in [-0.05, 0) is 122 Å². The van der Waals surface area contributed by atoms with E-state index >= 15 is 0 Å². The number of carboxylic acids is 2. The summed E-state index contributed by atoms with van der Waals surface area (Å²) in [6, 6.07) is 0. The molecule has 0 aliphatic heterocycles. The van der Waals surface area contributed by atoms with Crippen LogP contribution in [-0.4, -0.2) is 34.2 Å². The van der Waals surface area contributed by atoms with Crippen molar-refractivity contribution in [2.24, 2.45) is 62.1 Å². The van der Waals surface area contributed by atoms with Gasteiger partial charge in [0.2, 0.25) is 0 Å². The van der Waals surface area contributed by atoms with Gasteiger partial charge < -0.3 is 14.9 Å². The number of esters is 1. The maximum absolute atomic E-state index is 13.4. The minimum Gasteiger partial charge on any atom is -0.481 e. The molecule has 0 aromatic rings. The first-order chi connectivity index (χ1) is 21.0. The highest BCUT2D eigenvalue weighted by Crippen LogP contribution is 2.76. The zero-order valence-electron chi connectivity index (χ0n) is 29.2. The van der Waals surface area contributed by atoms with E-state index < -0.39 is 22.8 Å². The van der Waals surface area contributed by atoms with Crippen LogP contribution in [0.1, 0.15) is 145 Å². The highest BCUT2D eigenvalue weighted by atomic mass is 16.5. The average Bonchev–Trinajstić information content (AvgIpc) is 3.39. The van der Waals surface area contributed by atoms with Crippen LogP contribution >= 0.6 is 0 Å². The third kappa shape index (κ3) is 4.71. The Morgan fingerprint density at radius 3 is 2.16 bits per heavy atom. The van der Waals surface area contributed by atoms with E-state index in [0.29, 0.717) is 23.7 Å². The van der Waals surface area contributed by atoms with Gasteiger partial charge in [0.15, 0.2) is 0 Å². The summed E-state index contributed by atoms with van der Waals surface area (Å²) >= 11 is 0. The molecular weight excluding hydrogens is 564 g/mol. The average molecular weight is 625 g/mol. The highest BCUT2D eigenvalue weighted by Gasteiger charge is 2.69. The van der Waals surface area contributed by atoms with Crippen molar-refractivity contribution >= 4 is 17.9 Å². The van der Waals surface area contributed by atoms with E-state index in [0.717, 1.165) is 83.5 Å². The Hall–Kier alpha value is -1.85. The van der Waals surface area contributed by atoms with Crippen LogP contribution < -0.4 is 0 Å². The summed E-state index contributed by atoms with van der Waals surface area (Å²) in [4.78, 5) is 38.1. The Labute approximate surface area is 271 Å². The van der Waals surface area contributed by atoms with Gasteiger partial charge in [-0.2, -0.15) is 0 Å². The molecule has 6 aliphatic rings. The number of aliphatic carboxylic acids is 2. The first-order valence-corrected chi connectivity index (χ1v) is 18.3. The molecule has 0 unspecified atom stereocenters. The van der Waals surface area contributed by atoms with Crippen LogP contribution in [0, 0.1) is 62.1 Å². The minimum atomic E-state index is -0.818. The quantitative estimate of drug-likeness (QED) is 0.226. The fourth-order valence-electron chi connectivity index (χ4n) is 13.4. The lowest BCUT2D eigenvalue weighted by atomic mass is 9.33. The second kappa shape index (κ2) is 10.8. The second-order valence-corrected chi connectivity index (χ2v) is 18.4. The van der Waals surface area contributed by atoms with Gasteiger partial charge in [0.1, 0.15) is 6.10 Å². The van der Waals surface area contributed by atoms with E-state index in [2.05, 4.69) is 54.5 Å². The molecule has 0 aromatic heterocycles. The molecular formula is C39H60O6. The topological polar surface area (TPSA) is 101 Å². The van der Waals surface area contributed by atoms with Crippen LogP contribution in [0.15, 0.2) is 11.6 Å². The second-order valence-electron chi connectivity index (χ2n) is 18.4. The molecule has 6 aliphatic carbocycles. The van der Waals surface area contributed by atoms with Gasteiger partial charge in [-0.25, -0.2) is 0 Å². The van der Waals surface area contributed by atoms with Crippen molar-refractivity contribution in [1.29, 1.82) is 0 Å². The molecule has 10 atom stereocenters. The summed E-state index contributed by atoms with van der Waals surface area (Å²) in [7, 11) is 0. The molecule has 0 bridgehead atoms. The fourth-order valence-corrected chi connectivity index (χ4v) is 13.4. The van der Waals surface area contributed by atoms with Crippen LogP contribution in [-0.2, 0) is 19.1 Å². The van der Waals surface area contributed by atoms with E-state index in [1.807, 2.05) is 0 Å². The number of fused-ring (bicyclic) bond motifs is 7. The summed E-state index contributed by atoms with van der Waals surface area (Å²) in [6.07, 6.45) is 14.9. The largest absolute Gasteiger partial charge is 0.481 e. The Morgan fingerprint density at radius 1 is 0.822 bits per heavy atom. The summed E-state index contributed by atoms with van der Waals surface area (Å²) in [5.74, 6) is 0.346. The van der Waals surface area contributed by atoms with E-state index in [1.165, 1.54) is 5.57 Å². The monoisotopic (exact) mass is 624 g/mol. The Balaban J connectivity index is 1.26. The molecule has 0 aromatic carbocycles. The number of hydrogen-bond acceptors (Lipinski definition) is 4. The van der Waals surface area contributed by atoms with Gasteiger partial charge in [0, 0.05) is 5.41 Å². The number of carbonyl (C=O) groups excluding carboxylic acids is 1. The van der Waals surface area contributed by atoms with Crippen molar-refractivity contribution in [3.8, 4) is 0 Å². The fraction of sp³-hybridized carbons (Fsp3) is 0.872. The zero-order valence-corrected chi connectivity index (χ0v) is 29.2. The molecule has 252 valence electrons. The zero-order chi connectivity index (χ0) is 32.8. The van der Waals surface area contributed by atoms with E-state index in [1.54, 1.807) is 0 Å². The SMILES string of the molecule is C[C@H]1[C@H](C)CC[C@]2(C(=O)O)CC[C@]3(C)C(=CC[C@@H]4[C@@]5(C)CC[C@H](OC(=O)CC6(CC(=O)O)CCCC6)C(C)(C)[C@@H]5CC[C@]43C)[C@H]12. The van der Waals surface area contributed by atoms with Gasteiger partial charge in [0.05, 0.1) is 18.3 Å². The molecule has 6 heteroatoms. The molecule has 0 heterocycles. The number of carbonyl (C=O) groups is 3. The first-order valence-electron chi connectivity index (χ1n) is 18.3. The summed E-state index contributed by atoms with van der Waals surface area (Å²) in [6.45, 7) is 16.9. The van der Waals surface area contributed by atoms with E-state index in [4.69, 9.17) is 4.74 Å². The van der Waals surface area contributed by atoms with Crippen LogP contribution in [0.5, 0.6) is 0 Å². The van der Waals surface area contributed by atoms with Crippen molar-refractivity contribution in [1.82, 2.24) is 0 Å². The first kappa shape index (κ1) is 33.1. The number of allylic oxidation sites excluding steroid dienone is 2. The van der Waals surface area contributed by atoms with Crippen molar-refractivity contribution in [2.45, 2.75) is 151 Å². The van der Waals surface area contributed by atoms with Gasteiger partial charge >= 0.3 is 17.9 Å². The molecule has 0 saturated heterocycles. The molecule has 45 heavy (non-hydrogen) atoms. The lowest BCUT2D eigenvalue weighted by molar-refractivity contribution is -0.215. The lowest BCUT2D eigenvalue weighted by Gasteiger charge is -2.71.